The molecule has 2 heterocycles. The van der Waals surface area contributed by atoms with E-state index in [4.69, 9.17) is 0 Å². The average molecular weight is 241 g/mol. The number of aliphatic imine (C=N–C) groups is 1. The molecular weight excluding hydrogens is 226 g/mol. The van der Waals surface area contributed by atoms with Gasteiger partial charge in [0.25, 0.3) is 0 Å². The summed E-state index contributed by atoms with van der Waals surface area (Å²) in [7, 11) is 0. The van der Waals surface area contributed by atoms with Crippen LogP contribution in [-0.2, 0) is 6.54 Å². The van der Waals surface area contributed by atoms with E-state index in [0.29, 0.717) is 11.2 Å². The van der Waals surface area contributed by atoms with Crippen molar-refractivity contribution in [1.29, 1.82) is 0 Å². The van der Waals surface area contributed by atoms with Crippen LogP contribution in [0.1, 0.15) is 19.5 Å². The van der Waals surface area contributed by atoms with Crippen LogP contribution in [-0.4, -0.2) is 21.9 Å². The fraction of sp³-hybridized carbons (Fsp3) is 0.600. The molecule has 0 spiro atoms. The van der Waals surface area contributed by atoms with Crippen LogP contribution < -0.4 is 5.32 Å². The molecule has 3 nitrogen and oxygen atoms in total. The Labute approximate surface area is 98.4 Å². The van der Waals surface area contributed by atoms with Crippen molar-refractivity contribution in [3.05, 3.63) is 16.6 Å². The summed E-state index contributed by atoms with van der Waals surface area (Å²) in [6.07, 6.45) is 0. The van der Waals surface area contributed by atoms with Gasteiger partial charge in [-0.25, -0.2) is 4.98 Å². The molecule has 1 aliphatic heterocycles. The zero-order chi connectivity index (χ0) is 10.7. The van der Waals surface area contributed by atoms with E-state index < -0.39 is 0 Å². The van der Waals surface area contributed by atoms with Gasteiger partial charge in [-0.15, -0.1) is 11.3 Å². The maximum atomic E-state index is 4.48. The Hall–Kier alpha value is -0.550. The van der Waals surface area contributed by atoms with Crippen molar-refractivity contribution in [2.45, 2.75) is 25.6 Å². The SMILES string of the molecule is CC(C)C1CN=C(NCc2cscn2)S1. The number of nitrogens with zero attached hydrogens (tertiary/aromatic N) is 2. The van der Waals surface area contributed by atoms with E-state index >= 15 is 0 Å². The molecule has 0 aliphatic carbocycles. The van der Waals surface area contributed by atoms with Crippen molar-refractivity contribution in [3.63, 3.8) is 0 Å². The molecule has 1 aliphatic rings. The van der Waals surface area contributed by atoms with Gasteiger partial charge in [-0.3, -0.25) is 4.99 Å². The van der Waals surface area contributed by atoms with Gasteiger partial charge < -0.3 is 5.32 Å². The Morgan fingerprint density at radius 2 is 2.47 bits per heavy atom. The molecule has 0 aromatic carbocycles. The van der Waals surface area contributed by atoms with Gasteiger partial charge >= 0.3 is 0 Å². The number of aromatic nitrogens is 1. The predicted octanol–water partition coefficient (Wildman–Crippen LogP) is 2.36. The second-order valence-corrected chi connectivity index (χ2v) is 5.83. The lowest BCUT2D eigenvalue weighted by Crippen LogP contribution is -2.20. The van der Waals surface area contributed by atoms with Gasteiger partial charge in [0.1, 0.15) is 0 Å². The van der Waals surface area contributed by atoms with Crippen molar-refractivity contribution in [1.82, 2.24) is 10.3 Å². The highest BCUT2D eigenvalue weighted by atomic mass is 32.2. The summed E-state index contributed by atoms with van der Waals surface area (Å²) in [5, 5.41) is 7.10. The van der Waals surface area contributed by atoms with Crippen molar-refractivity contribution >= 4 is 28.3 Å². The Morgan fingerprint density at radius 1 is 1.60 bits per heavy atom. The number of rotatable bonds is 3. The first-order chi connectivity index (χ1) is 7.25. The average Bonchev–Trinajstić information content (AvgIpc) is 2.86. The molecule has 1 aromatic rings. The summed E-state index contributed by atoms with van der Waals surface area (Å²) in [5.41, 5.74) is 2.95. The van der Waals surface area contributed by atoms with Gasteiger partial charge in [0.05, 0.1) is 24.3 Å². The molecule has 1 unspecified atom stereocenters. The maximum absolute atomic E-state index is 4.48. The van der Waals surface area contributed by atoms with Crippen LogP contribution in [0.25, 0.3) is 0 Å². The number of thiazole rings is 1. The lowest BCUT2D eigenvalue weighted by Gasteiger charge is -2.11. The van der Waals surface area contributed by atoms with E-state index in [1.807, 2.05) is 17.3 Å². The molecule has 82 valence electrons. The second kappa shape index (κ2) is 4.99. The highest BCUT2D eigenvalue weighted by Gasteiger charge is 2.22. The zero-order valence-corrected chi connectivity index (χ0v) is 10.6. The van der Waals surface area contributed by atoms with E-state index in [2.05, 4.69) is 34.5 Å². The number of thioether (sulfide) groups is 1. The molecule has 15 heavy (non-hydrogen) atoms. The highest BCUT2D eigenvalue weighted by Crippen LogP contribution is 2.25. The van der Waals surface area contributed by atoms with Gasteiger partial charge in [0, 0.05) is 10.6 Å². The Balaban J connectivity index is 1.78. The highest BCUT2D eigenvalue weighted by molar-refractivity contribution is 8.14. The van der Waals surface area contributed by atoms with E-state index in [0.717, 1.165) is 24.0 Å². The first kappa shape index (κ1) is 11.0. The van der Waals surface area contributed by atoms with Crippen LogP contribution in [0.3, 0.4) is 0 Å². The van der Waals surface area contributed by atoms with Crippen LogP contribution >= 0.6 is 23.1 Å². The van der Waals surface area contributed by atoms with Crippen molar-refractivity contribution in [2.24, 2.45) is 10.9 Å². The van der Waals surface area contributed by atoms with Crippen LogP contribution in [0.15, 0.2) is 15.9 Å². The van der Waals surface area contributed by atoms with Crippen LogP contribution in [0.2, 0.25) is 0 Å². The van der Waals surface area contributed by atoms with E-state index in [1.165, 1.54) is 0 Å². The molecule has 5 heteroatoms. The first-order valence-electron chi connectivity index (χ1n) is 5.07. The number of hydrogen-bond acceptors (Lipinski definition) is 5. The standard InChI is InChI=1S/C10H15N3S2/c1-7(2)9-4-12-10(15-9)11-3-8-5-14-6-13-8/h5-7,9H,3-4H2,1-2H3,(H,11,12). The Morgan fingerprint density at radius 3 is 3.07 bits per heavy atom. The summed E-state index contributed by atoms with van der Waals surface area (Å²) < 4.78 is 0. The summed E-state index contributed by atoms with van der Waals surface area (Å²) in [5.74, 6) is 0.692. The summed E-state index contributed by atoms with van der Waals surface area (Å²) in [4.78, 5) is 8.71. The first-order valence-corrected chi connectivity index (χ1v) is 6.90. The van der Waals surface area contributed by atoms with Crippen LogP contribution in [0.5, 0.6) is 0 Å². The fourth-order valence-corrected chi connectivity index (χ4v) is 2.90. The monoisotopic (exact) mass is 241 g/mol. The van der Waals surface area contributed by atoms with Crippen molar-refractivity contribution in [3.8, 4) is 0 Å². The molecule has 0 saturated heterocycles. The third-order valence-electron chi connectivity index (χ3n) is 2.33. The summed E-state index contributed by atoms with van der Waals surface area (Å²) >= 11 is 3.48. The topological polar surface area (TPSA) is 37.3 Å². The Bertz CT molecular complexity index is 332. The molecule has 0 amide bonds. The van der Waals surface area contributed by atoms with Gasteiger partial charge in [-0.05, 0) is 5.92 Å². The quantitative estimate of drug-likeness (QED) is 0.882. The lowest BCUT2D eigenvalue weighted by atomic mass is 10.1. The lowest BCUT2D eigenvalue weighted by molar-refractivity contribution is 0.621. The molecule has 0 fully saturated rings. The minimum Gasteiger partial charge on any atom is -0.359 e. The molecular formula is C10H15N3S2. The third kappa shape index (κ3) is 2.95. The van der Waals surface area contributed by atoms with Crippen LogP contribution in [0, 0.1) is 5.92 Å². The van der Waals surface area contributed by atoms with E-state index in [9.17, 15) is 0 Å². The molecule has 1 N–H and O–H groups in total. The van der Waals surface area contributed by atoms with Gasteiger partial charge in [0.15, 0.2) is 5.17 Å². The van der Waals surface area contributed by atoms with Gasteiger partial charge in [-0.1, -0.05) is 25.6 Å². The predicted molar refractivity (Wildman–Crippen MR) is 67.5 cm³/mol. The Kier molecular flexibility index (Phi) is 3.64. The maximum Gasteiger partial charge on any atom is 0.157 e. The molecule has 0 radical (unpaired) electrons. The molecule has 1 aromatic heterocycles. The summed E-state index contributed by atoms with van der Waals surface area (Å²) in [6.45, 7) is 6.23. The van der Waals surface area contributed by atoms with Crippen molar-refractivity contribution in [2.75, 3.05) is 6.54 Å². The van der Waals surface area contributed by atoms with Crippen LogP contribution in [0.4, 0.5) is 0 Å². The molecule has 0 saturated carbocycles. The van der Waals surface area contributed by atoms with Crippen molar-refractivity contribution < 1.29 is 0 Å². The molecule has 2 rings (SSSR count). The number of nitrogens with one attached hydrogen (secondary N) is 1. The largest absolute Gasteiger partial charge is 0.359 e. The third-order valence-corrected chi connectivity index (χ3v) is 4.45. The molecule has 0 bridgehead atoms. The minimum atomic E-state index is 0.642. The molecule has 1 atom stereocenters. The van der Waals surface area contributed by atoms with Gasteiger partial charge in [-0.2, -0.15) is 0 Å². The number of hydrogen-bond donors (Lipinski definition) is 1. The van der Waals surface area contributed by atoms with Gasteiger partial charge in [0.2, 0.25) is 0 Å². The van der Waals surface area contributed by atoms with E-state index in [1.54, 1.807) is 11.3 Å². The second-order valence-electron chi connectivity index (χ2n) is 3.88. The normalized spacial score (nSPS) is 20.7. The minimum absolute atomic E-state index is 0.642. The smallest absolute Gasteiger partial charge is 0.157 e. The number of amidine groups is 1. The summed E-state index contributed by atoms with van der Waals surface area (Å²) in [6, 6.07) is 0. The fourth-order valence-electron chi connectivity index (χ4n) is 1.33. The zero-order valence-electron chi connectivity index (χ0n) is 8.93. The van der Waals surface area contributed by atoms with E-state index in [-0.39, 0.29) is 0 Å².